The highest BCUT2D eigenvalue weighted by molar-refractivity contribution is 6.01. The van der Waals surface area contributed by atoms with Crippen molar-refractivity contribution in [1.82, 2.24) is 35.1 Å². The molecule has 1 saturated carbocycles. The molecule has 15 heteroatoms. The number of aromatic hydroxyl groups is 1. The van der Waals surface area contributed by atoms with Crippen LogP contribution in [-0.2, 0) is 59.4 Å². The van der Waals surface area contributed by atoms with Gasteiger partial charge in [-0.15, -0.1) is 0 Å². The number of phenols is 1. The van der Waals surface area contributed by atoms with Crippen LogP contribution in [0.15, 0.2) is 78.7 Å². The van der Waals surface area contributed by atoms with Crippen molar-refractivity contribution in [2.75, 3.05) is 40.4 Å². The molecule has 4 amide bonds. The number of nitrogens with one attached hydrogen (secondary N) is 2. The summed E-state index contributed by atoms with van der Waals surface area (Å²) in [4.78, 5) is 77.8. The average molecular weight is 914 g/mol. The number of likely N-dealkylation sites (tertiary alicyclic amines) is 1. The number of esters is 1. The van der Waals surface area contributed by atoms with Crippen molar-refractivity contribution >= 4 is 40.5 Å². The number of hydrogen-bond acceptors (Lipinski definition) is 10. The van der Waals surface area contributed by atoms with E-state index in [-0.39, 0.29) is 49.4 Å². The molecule has 6 bridgehead atoms. The summed E-state index contributed by atoms with van der Waals surface area (Å²) in [6.45, 7) is 11.9. The van der Waals surface area contributed by atoms with Gasteiger partial charge in [-0.1, -0.05) is 32.6 Å². The number of likely N-dealkylation sites (N-methyl/N-ethyl adjacent to an activating group) is 1. The highest BCUT2D eigenvalue weighted by atomic mass is 16.5. The largest absolute Gasteiger partial charge is 0.508 e. The Balaban J connectivity index is 1.21. The van der Waals surface area contributed by atoms with E-state index in [9.17, 15) is 29.1 Å². The van der Waals surface area contributed by atoms with Gasteiger partial charge in [0.25, 0.3) is 11.8 Å². The lowest BCUT2D eigenvalue weighted by Crippen LogP contribution is -2.60. The van der Waals surface area contributed by atoms with Gasteiger partial charge in [0, 0.05) is 74.8 Å². The number of cyclic esters (lactones) is 1. The molecular formula is C52H63N7O8. The lowest BCUT2D eigenvalue weighted by molar-refractivity contribution is -0.155. The van der Waals surface area contributed by atoms with Gasteiger partial charge >= 0.3 is 5.97 Å². The molecule has 2 aromatic carbocycles. The molecule has 3 aliphatic heterocycles. The van der Waals surface area contributed by atoms with E-state index in [0.717, 1.165) is 63.0 Å². The van der Waals surface area contributed by atoms with Gasteiger partial charge in [0.15, 0.2) is 0 Å². The Bertz CT molecular complexity index is 2620. The van der Waals surface area contributed by atoms with E-state index in [0.29, 0.717) is 63.8 Å². The lowest BCUT2D eigenvalue weighted by atomic mass is 9.84. The predicted octanol–water partition coefficient (Wildman–Crippen LogP) is 6.21. The van der Waals surface area contributed by atoms with Crippen LogP contribution in [0.25, 0.3) is 33.3 Å². The van der Waals surface area contributed by atoms with Crippen LogP contribution in [0.3, 0.4) is 0 Å². The number of amides is 4. The second-order valence-corrected chi connectivity index (χ2v) is 19.1. The van der Waals surface area contributed by atoms with Crippen LogP contribution < -0.4 is 10.7 Å². The van der Waals surface area contributed by atoms with Crippen LogP contribution in [0.2, 0.25) is 0 Å². The molecule has 2 saturated heterocycles. The minimum atomic E-state index is -1.18. The third-order valence-electron chi connectivity index (χ3n) is 13.7. The van der Waals surface area contributed by atoms with E-state index in [1.54, 1.807) is 37.4 Å². The number of carbonyl (C=O) groups is 5. The highest BCUT2D eigenvalue weighted by Gasteiger charge is 2.39. The lowest BCUT2D eigenvalue weighted by Gasteiger charge is -2.36. The maximum absolute atomic E-state index is 14.8. The van der Waals surface area contributed by atoms with Gasteiger partial charge in [-0.3, -0.25) is 34.0 Å². The molecule has 4 aromatic rings. The first kappa shape index (κ1) is 47.2. The van der Waals surface area contributed by atoms with Crippen LogP contribution in [0, 0.1) is 11.3 Å². The van der Waals surface area contributed by atoms with Crippen LogP contribution >= 0.6 is 0 Å². The van der Waals surface area contributed by atoms with E-state index < -0.39 is 41.2 Å². The van der Waals surface area contributed by atoms with Crippen LogP contribution in [-0.4, -0.2) is 112 Å². The second-order valence-electron chi connectivity index (χ2n) is 19.1. The maximum atomic E-state index is 14.8. The molecule has 67 heavy (non-hydrogen) atoms. The topological polar surface area (TPSA) is 176 Å². The van der Waals surface area contributed by atoms with Crippen molar-refractivity contribution in [3.63, 3.8) is 0 Å². The van der Waals surface area contributed by atoms with Crippen molar-refractivity contribution in [3.8, 4) is 28.1 Å². The average Bonchev–Trinajstić information content (AvgIpc) is 4.10. The Morgan fingerprint density at radius 2 is 1.85 bits per heavy atom. The predicted molar refractivity (Wildman–Crippen MR) is 254 cm³/mol. The quantitative estimate of drug-likeness (QED) is 0.129. The molecule has 3 N–H and O–H groups in total. The van der Waals surface area contributed by atoms with Crippen molar-refractivity contribution in [2.24, 2.45) is 11.3 Å². The number of hydrogen-bond donors (Lipinski definition) is 3. The molecule has 4 aliphatic rings. The van der Waals surface area contributed by atoms with Crippen molar-refractivity contribution < 1.29 is 38.6 Å². The SMILES string of the molecule is C=CC(=O)N1CC[C@H](C(=O)N(C)C(C(=O)N[C@H]2Cc3cc(O)cc(c3)-c3ccc4c(c3)c(c(-c3cccnc3COC)n4CC)CC(C)(C)COC(=O)[C@@H]3CCCN(N3)C2=O)=C2CCCC2)C1. The highest BCUT2D eigenvalue weighted by Crippen LogP contribution is 2.41. The van der Waals surface area contributed by atoms with E-state index >= 15 is 0 Å². The number of ether oxygens (including phenoxy) is 2. The monoisotopic (exact) mass is 913 g/mol. The van der Waals surface area contributed by atoms with Crippen LogP contribution in [0.4, 0.5) is 0 Å². The van der Waals surface area contributed by atoms with Gasteiger partial charge in [0.2, 0.25) is 11.8 Å². The Hall–Kier alpha value is -6.32. The van der Waals surface area contributed by atoms with Crippen molar-refractivity contribution in [2.45, 2.75) is 104 Å². The molecule has 2 aromatic heterocycles. The zero-order valence-corrected chi connectivity index (χ0v) is 39.4. The number of pyridine rings is 1. The summed E-state index contributed by atoms with van der Waals surface area (Å²) in [6.07, 6.45) is 7.91. The van der Waals surface area contributed by atoms with E-state index in [1.807, 2.05) is 18.2 Å². The van der Waals surface area contributed by atoms with Gasteiger partial charge in [-0.25, -0.2) is 5.43 Å². The minimum Gasteiger partial charge on any atom is -0.508 e. The number of nitrogens with zero attached hydrogens (tertiary/aromatic N) is 5. The normalized spacial score (nSPS) is 20.9. The standard InChI is InChI=1S/C52H63N7O8/c1-7-45(61)57-22-19-35(29-57)49(63)56(5)46(33-13-9-10-14-33)48(62)54-42-25-32-23-36(26-37(60)24-32)34-17-18-44-39(27-34)40(47(58(44)8-2)38-15-11-20-53-43(38)30-66-6)28-52(3,4)31-67-51(65)41-16-12-21-59(55-41)50(42)64/h7,11,15,17-18,20,23-24,26-27,35,41-42,55,60H,1,8-10,12-14,16,19,21-22,25,28-31H2,2-6H3,(H,54,62)/t35-,41-,42-/m0/s1. The number of methoxy groups -OCH3 is 1. The number of allylic oxidation sites excluding steroid dienone is 1. The zero-order valence-electron chi connectivity index (χ0n) is 39.4. The first-order valence-corrected chi connectivity index (χ1v) is 23.6. The van der Waals surface area contributed by atoms with Crippen LogP contribution in [0.5, 0.6) is 5.75 Å². The van der Waals surface area contributed by atoms with E-state index in [2.05, 4.69) is 60.9 Å². The number of hydrazine groups is 1. The molecule has 5 heterocycles. The summed E-state index contributed by atoms with van der Waals surface area (Å²) in [7, 11) is 3.24. The molecule has 15 nitrogen and oxygen atoms in total. The summed E-state index contributed by atoms with van der Waals surface area (Å²) in [6, 6.07) is 13.5. The van der Waals surface area contributed by atoms with Gasteiger partial charge in [-0.2, -0.15) is 0 Å². The maximum Gasteiger partial charge on any atom is 0.324 e. The fraction of sp³-hybridized carbons (Fsp3) is 0.462. The van der Waals surface area contributed by atoms with Gasteiger partial charge < -0.3 is 34.3 Å². The number of fused-ring (bicyclic) bond motifs is 6. The molecule has 3 atom stereocenters. The first-order valence-electron chi connectivity index (χ1n) is 23.6. The molecular weight excluding hydrogens is 851 g/mol. The Labute approximate surface area is 392 Å². The molecule has 0 radical (unpaired) electrons. The summed E-state index contributed by atoms with van der Waals surface area (Å²) >= 11 is 0. The first-order chi connectivity index (χ1) is 32.2. The number of rotatable bonds is 9. The fourth-order valence-electron chi connectivity index (χ4n) is 10.4. The smallest absolute Gasteiger partial charge is 0.324 e. The minimum absolute atomic E-state index is 0.00851. The molecule has 0 unspecified atom stereocenters. The third-order valence-corrected chi connectivity index (χ3v) is 13.7. The molecule has 3 fully saturated rings. The Morgan fingerprint density at radius 3 is 2.60 bits per heavy atom. The van der Waals surface area contributed by atoms with E-state index in [4.69, 9.17) is 14.5 Å². The Morgan fingerprint density at radius 1 is 1.06 bits per heavy atom. The summed E-state index contributed by atoms with van der Waals surface area (Å²) in [5.74, 6) is -2.57. The van der Waals surface area contributed by atoms with Gasteiger partial charge in [0.05, 0.1) is 30.5 Å². The van der Waals surface area contributed by atoms with Crippen molar-refractivity contribution in [3.05, 3.63) is 95.5 Å². The molecule has 1 aliphatic carbocycles. The summed E-state index contributed by atoms with van der Waals surface area (Å²) < 4.78 is 14.0. The molecule has 0 spiro atoms. The number of aryl methyl sites for hydroxylation is 1. The second kappa shape index (κ2) is 19.9. The number of phenolic OH excluding ortho intramolecular Hbond substituents is 1. The van der Waals surface area contributed by atoms with Gasteiger partial charge in [0.1, 0.15) is 23.5 Å². The van der Waals surface area contributed by atoms with Gasteiger partial charge in [-0.05, 0) is 129 Å². The summed E-state index contributed by atoms with van der Waals surface area (Å²) in [5.41, 5.74) is 10.6. The number of benzene rings is 2. The fourth-order valence-corrected chi connectivity index (χ4v) is 10.4. The summed E-state index contributed by atoms with van der Waals surface area (Å²) in [5, 5.41) is 16.8. The van der Waals surface area contributed by atoms with Crippen molar-refractivity contribution in [1.29, 1.82) is 0 Å². The third kappa shape index (κ3) is 9.89. The number of aromatic nitrogens is 2. The number of carbonyl (C=O) groups excluding carboxylic acids is 5. The van der Waals surface area contributed by atoms with E-state index in [1.165, 1.54) is 16.0 Å². The molecule has 8 rings (SSSR count). The van der Waals surface area contributed by atoms with Crippen LogP contribution in [0.1, 0.15) is 82.5 Å². The Kier molecular flexibility index (Phi) is 14.0. The molecule has 354 valence electrons. The zero-order chi connectivity index (χ0) is 47.6.